The van der Waals surface area contributed by atoms with Gasteiger partial charge in [0.05, 0.1) is 0 Å². The predicted molar refractivity (Wildman–Crippen MR) is 112 cm³/mol. The van der Waals surface area contributed by atoms with E-state index in [0.29, 0.717) is 6.54 Å². The van der Waals surface area contributed by atoms with Crippen LogP contribution >= 0.6 is 0 Å². The van der Waals surface area contributed by atoms with Gasteiger partial charge in [0.15, 0.2) is 0 Å². The lowest BCUT2D eigenvalue weighted by Gasteiger charge is -2.43. The van der Waals surface area contributed by atoms with Crippen molar-refractivity contribution in [2.75, 3.05) is 37.6 Å². The molecule has 0 aromatic heterocycles. The van der Waals surface area contributed by atoms with Crippen molar-refractivity contribution in [3.8, 4) is 0 Å². The van der Waals surface area contributed by atoms with Crippen molar-refractivity contribution < 1.29 is 4.79 Å². The molecular weight excluding hydrogens is 336 g/mol. The van der Waals surface area contributed by atoms with Crippen molar-refractivity contribution in [1.29, 1.82) is 0 Å². The van der Waals surface area contributed by atoms with Crippen LogP contribution in [0.25, 0.3) is 0 Å². The van der Waals surface area contributed by atoms with Gasteiger partial charge in [0.25, 0.3) is 0 Å². The zero-order chi connectivity index (χ0) is 19.3. The molecule has 0 spiro atoms. The number of carbonyl (C=O) groups is 1. The molecular formula is C22H36N4O. The van der Waals surface area contributed by atoms with E-state index >= 15 is 0 Å². The van der Waals surface area contributed by atoms with Gasteiger partial charge in [-0.2, -0.15) is 0 Å². The summed E-state index contributed by atoms with van der Waals surface area (Å²) in [6.45, 7) is 11.7. The van der Waals surface area contributed by atoms with E-state index in [1.165, 1.54) is 18.5 Å². The van der Waals surface area contributed by atoms with E-state index < -0.39 is 0 Å². The molecule has 150 valence electrons. The lowest BCUT2D eigenvalue weighted by molar-refractivity contribution is 0.0723. The molecule has 5 heteroatoms. The topological polar surface area (TPSA) is 47.6 Å². The summed E-state index contributed by atoms with van der Waals surface area (Å²) in [4.78, 5) is 17.3. The normalized spacial score (nSPS) is 22.5. The van der Waals surface area contributed by atoms with E-state index in [9.17, 15) is 4.79 Å². The number of likely N-dealkylation sites (tertiary alicyclic amines) is 1. The van der Waals surface area contributed by atoms with Gasteiger partial charge < -0.3 is 15.5 Å². The summed E-state index contributed by atoms with van der Waals surface area (Å²) in [5.74, 6) is 0.752. The van der Waals surface area contributed by atoms with Crippen LogP contribution in [0.2, 0.25) is 0 Å². The molecule has 0 saturated carbocycles. The van der Waals surface area contributed by atoms with Crippen molar-refractivity contribution in [2.45, 2.75) is 58.0 Å². The van der Waals surface area contributed by atoms with E-state index in [4.69, 9.17) is 0 Å². The Morgan fingerprint density at radius 3 is 2.48 bits per heavy atom. The van der Waals surface area contributed by atoms with Crippen LogP contribution in [0.4, 0.5) is 10.5 Å². The van der Waals surface area contributed by atoms with E-state index in [1.807, 2.05) is 6.07 Å². The number of anilines is 1. The number of urea groups is 1. The molecule has 2 N–H and O–H groups in total. The average Bonchev–Trinajstić information content (AvgIpc) is 2.68. The fourth-order valence-electron chi connectivity index (χ4n) is 4.30. The first-order chi connectivity index (χ1) is 12.9. The molecule has 1 unspecified atom stereocenters. The highest BCUT2D eigenvalue weighted by atomic mass is 16.2. The van der Waals surface area contributed by atoms with Gasteiger partial charge >= 0.3 is 6.03 Å². The second-order valence-corrected chi connectivity index (χ2v) is 8.93. The highest BCUT2D eigenvalue weighted by Gasteiger charge is 2.30. The Kier molecular flexibility index (Phi) is 6.64. The van der Waals surface area contributed by atoms with E-state index in [-0.39, 0.29) is 17.6 Å². The molecule has 3 rings (SSSR count). The maximum atomic E-state index is 12.4. The van der Waals surface area contributed by atoms with Crippen molar-refractivity contribution in [3.63, 3.8) is 0 Å². The Morgan fingerprint density at radius 1 is 1.11 bits per heavy atom. The van der Waals surface area contributed by atoms with Crippen LogP contribution in [0, 0.1) is 5.92 Å². The molecule has 2 aliphatic rings. The van der Waals surface area contributed by atoms with Gasteiger partial charge in [-0.05, 0) is 64.1 Å². The summed E-state index contributed by atoms with van der Waals surface area (Å²) in [6, 6.07) is 10.8. The number of benzene rings is 1. The highest BCUT2D eigenvalue weighted by molar-refractivity contribution is 5.74. The van der Waals surface area contributed by atoms with Crippen LogP contribution in [0.3, 0.4) is 0 Å². The van der Waals surface area contributed by atoms with Crippen molar-refractivity contribution in [1.82, 2.24) is 15.5 Å². The minimum absolute atomic E-state index is 0.00267. The molecule has 2 amide bonds. The van der Waals surface area contributed by atoms with Crippen LogP contribution in [-0.2, 0) is 0 Å². The Labute approximate surface area is 164 Å². The Bertz CT molecular complexity index is 596. The summed E-state index contributed by atoms with van der Waals surface area (Å²) < 4.78 is 0. The van der Waals surface area contributed by atoms with Gasteiger partial charge in [-0.15, -0.1) is 0 Å². The number of nitrogens with one attached hydrogen (secondary N) is 2. The first kappa shape index (κ1) is 20.0. The predicted octanol–water partition coefficient (Wildman–Crippen LogP) is 3.47. The largest absolute Gasteiger partial charge is 0.371 e. The van der Waals surface area contributed by atoms with Gasteiger partial charge in [-0.1, -0.05) is 25.1 Å². The van der Waals surface area contributed by atoms with Crippen LogP contribution in [-0.4, -0.2) is 55.2 Å². The molecule has 1 atom stereocenters. The third kappa shape index (κ3) is 5.61. The SMILES string of the molecule is CC1CCCN(C(C)(C)CNC(=O)NC2CCN(c3ccccc3)CC2)C1. The highest BCUT2D eigenvalue weighted by Crippen LogP contribution is 2.23. The molecule has 2 aliphatic heterocycles. The van der Waals surface area contributed by atoms with Crippen LogP contribution < -0.4 is 15.5 Å². The van der Waals surface area contributed by atoms with Crippen molar-refractivity contribution in [2.24, 2.45) is 5.92 Å². The maximum absolute atomic E-state index is 12.4. The zero-order valence-electron chi connectivity index (χ0n) is 17.2. The van der Waals surface area contributed by atoms with Crippen LogP contribution in [0.5, 0.6) is 0 Å². The molecule has 0 bridgehead atoms. The maximum Gasteiger partial charge on any atom is 0.315 e. The van der Waals surface area contributed by atoms with E-state index in [1.54, 1.807) is 0 Å². The quantitative estimate of drug-likeness (QED) is 0.832. The molecule has 2 saturated heterocycles. The molecule has 27 heavy (non-hydrogen) atoms. The Morgan fingerprint density at radius 2 is 1.81 bits per heavy atom. The van der Waals surface area contributed by atoms with Gasteiger partial charge in [0.1, 0.15) is 0 Å². The number of hydrogen-bond donors (Lipinski definition) is 2. The minimum atomic E-state index is -0.0219. The molecule has 1 aromatic rings. The van der Waals surface area contributed by atoms with Gasteiger partial charge in [0.2, 0.25) is 0 Å². The summed E-state index contributed by atoms with van der Waals surface area (Å²) in [6.07, 6.45) is 4.57. The second kappa shape index (κ2) is 8.96. The van der Waals surface area contributed by atoms with Gasteiger partial charge in [-0.3, -0.25) is 4.90 Å². The molecule has 1 aromatic carbocycles. The number of rotatable bonds is 5. The van der Waals surface area contributed by atoms with E-state index in [2.05, 4.69) is 65.5 Å². The number of hydrogen-bond acceptors (Lipinski definition) is 3. The fraction of sp³-hybridized carbons (Fsp3) is 0.682. The number of piperidine rings is 2. The average molecular weight is 373 g/mol. The first-order valence-electron chi connectivity index (χ1n) is 10.5. The second-order valence-electron chi connectivity index (χ2n) is 8.93. The third-order valence-corrected chi connectivity index (χ3v) is 6.15. The number of nitrogens with zero attached hydrogens (tertiary/aromatic N) is 2. The Hall–Kier alpha value is -1.75. The first-order valence-corrected chi connectivity index (χ1v) is 10.5. The van der Waals surface area contributed by atoms with Crippen molar-refractivity contribution in [3.05, 3.63) is 30.3 Å². The van der Waals surface area contributed by atoms with Gasteiger partial charge in [-0.25, -0.2) is 4.79 Å². The molecule has 5 nitrogen and oxygen atoms in total. The molecule has 0 radical (unpaired) electrons. The minimum Gasteiger partial charge on any atom is -0.371 e. The Balaban J connectivity index is 1.39. The monoisotopic (exact) mass is 372 g/mol. The standard InChI is InChI=1S/C22H36N4O/c1-18-8-7-13-26(16-18)22(2,3)17-23-21(27)24-19-11-14-25(15-12-19)20-9-5-4-6-10-20/h4-6,9-10,18-19H,7-8,11-17H2,1-3H3,(H2,23,24,27). The summed E-state index contributed by atoms with van der Waals surface area (Å²) in [5.41, 5.74) is 1.28. The summed E-state index contributed by atoms with van der Waals surface area (Å²) in [5, 5.41) is 6.30. The zero-order valence-corrected chi connectivity index (χ0v) is 17.2. The molecule has 0 aliphatic carbocycles. The molecule has 2 fully saturated rings. The lowest BCUT2D eigenvalue weighted by atomic mass is 9.93. The summed E-state index contributed by atoms with van der Waals surface area (Å²) >= 11 is 0. The van der Waals surface area contributed by atoms with Gasteiger partial charge in [0, 0.05) is 43.4 Å². The van der Waals surface area contributed by atoms with Crippen LogP contribution in [0.1, 0.15) is 46.5 Å². The number of amides is 2. The fourth-order valence-corrected chi connectivity index (χ4v) is 4.30. The lowest BCUT2D eigenvalue weighted by Crippen LogP contribution is -2.56. The summed E-state index contributed by atoms with van der Waals surface area (Å²) in [7, 11) is 0. The van der Waals surface area contributed by atoms with E-state index in [0.717, 1.165) is 44.9 Å². The van der Waals surface area contributed by atoms with Crippen LogP contribution in [0.15, 0.2) is 30.3 Å². The molecule has 2 heterocycles. The van der Waals surface area contributed by atoms with Crippen molar-refractivity contribution >= 4 is 11.7 Å². The number of carbonyl (C=O) groups excluding carboxylic acids is 1. The smallest absolute Gasteiger partial charge is 0.315 e. The third-order valence-electron chi connectivity index (χ3n) is 6.15. The number of para-hydroxylation sites is 1.